The predicted molar refractivity (Wildman–Crippen MR) is 75.5 cm³/mol. The van der Waals surface area contributed by atoms with Crippen molar-refractivity contribution in [2.45, 2.75) is 18.9 Å². The van der Waals surface area contributed by atoms with Crippen molar-refractivity contribution in [3.63, 3.8) is 0 Å². The summed E-state index contributed by atoms with van der Waals surface area (Å²) >= 11 is 9.19. The molecule has 5 nitrogen and oxygen atoms in total. The summed E-state index contributed by atoms with van der Waals surface area (Å²) in [4.78, 5) is 22.4. The maximum atomic E-state index is 11.7. The second-order valence-electron chi connectivity index (χ2n) is 4.40. The molecule has 0 heterocycles. The summed E-state index contributed by atoms with van der Waals surface area (Å²) < 4.78 is 0.615. The Balaban J connectivity index is 1.86. The van der Waals surface area contributed by atoms with Crippen LogP contribution in [-0.4, -0.2) is 23.1 Å². The van der Waals surface area contributed by atoms with Crippen molar-refractivity contribution in [1.29, 1.82) is 0 Å². The first-order valence-corrected chi connectivity index (χ1v) is 6.89. The molecule has 1 aliphatic carbocycles. The molecule has 0 atom stereocenters. The first-order valence-electron chi connectivity index (χ1n) is 5.71. The molecular formula is C12H12BrClN2O3. The third-order valence-corrected chi connectivity index (χ3v) is 4.42. The molecule has 0 bridgehead atoms. The zero-order valence-electron chi connectivity index (χ0n) is 9.82. The molecule has 0 aliphatic heterocycles. The van der Waals surface area contributed by atoms with Gasteiger partial charge in [-0.15, -0.1) is 0 Å². The van der Waals surface area contributed by atoms with Crippen LogP contribution in [0, 0.1) is 5.92 Å². The number of aliphatic carboxylic acids is 1. The van der Waals surface area contributed by atoms with Crippen molar-refractivity contribution in [2.24, 2.45) is 5.92 Å². The fourth-order valence-electron chi connectivity index (χ4n) is 1.88. The normalized spacial score (nSPS) is 21.4. The van der Waals surface area contributed by atoms with Gasteiger partial charge in [0.05, 0.1) is 21.1 Å². The number of amides is 2. The number of benzene rings is 1. The van der Waals surface area contributed by atoms with Crippen molar-refractivity contribution in [3.8, 4) is 0 Å². The summed E-state index contributed by atoms with van der Waals surface area (Å²) in [5.41, 5.74) is 0.569. The minimum Gasteiger partial charge on any atom is -0.481 e. The van der Waals surface area contributed by atoms with Gasteiger partial charge in [-0.25, -0.2) is 4.79 Å². The molecule has 1 aliphatic rings. The Morgan fingerprint density at radius 2 is 2.05 bits per heavy atom. The van der Waals surface area contributed by atoms with E-state index >= 15 is 0 Å². The number of halogens is 2. The van der Waals surface area contributed by atoms with E-state index in [0.29, 0.717) is 28.0 Å². The third kappa shape index (κ3) is 3.39. The Bertz CT molecular complexity index is 518. The lowest BCUT2D eigenvalue weighted by Gasteiger charge is -2.32. The molecular weight excluding hydrogens is 336 g/mol. The number of carboxylic acid groups (broad SMARTS) is 1. The second-order valence-corrected chi connectivity index (χ2v) is 5.60. The molecule has 1 fully saturated rings. The number of urea groups is 1. The summed E-state index contributed by atoms with van der Waals surface area (Å²) in [6.07, 6.45) is 0.943. The van der Waals surface area contributed by atoms with Crippen molar-refractivity contribution >= 4 is 45.2 Å². The predicted octanol–water partition coefficient (Wildman–Crippen LogP) is 3.09. The van der Waals surface area contributed by atoms with E-state index in [2.05, 4.69) is 26.6 Å². The number of hydrogen-bond donors (Lipinski definition) is 3. The maximum Gasteiger partial charge on any atom is 0.319 e. The van der Waals surface area contributed by atoms with Gasteiger partial charge in [0.2, 0.25) is 0 Å². The quantitative estimate of drug-likeness (QED) is 0.786. The van der Waals surface area contributed by atoms with Gasteiger partial charge >= 0.3 is 12.0 Å². The fraction of sp³-hybridized carbons (Fsp3) is 0.333. The SMILES string of the molecule is O=C(Nc1cccc(Cl)c1Br)NC1CC(C(=O)O)C1. The monoisotopic (exact) mass is 346 g/mol. The van der Waals surface area contributed by atoms with Crippen LogP contribution in [0.25, 0.3) is 0 Å². The minimum atomic E-state index is -0.809. The Labute approximate surface area is 123 Å². The number of carboxylic acids is 1. The van der Waals surface area contributed by atoms with Gasteiger partial charge < -0.3 is 15.7 Å². The molecule has 3 N–H and O–H groups in total. The summed E-state index contributed by atoms with van der Waals surface area (Å²) in [5, 5.41) is 14.6. The van der Waals surface area contributed by atoms with E-state index in [-0.39, 0.29) is 18.0 Å². The van der Waals surface area contributed by atoms with E-state index < -0.39 is 5.97 Å². The number of hydrogen-bond acceptors (Lipinski definition) is 2. The topological polar surface area (TPSA) is 78.4 Å². The van der Waals surface area contributed by atoms with Crippen LogP contribution >= 0.6 is 27.5 Å². The van der Waals surface area contributed by atoms with Gasteiger partial charge in [0.1, 0.15) is 0 Å². The zero-order chi connectivity index (χ0) is 14.0. The molecule has 102 valence electrons. The van der Waals surface area contributed by atoms with Gasteiger partial charge in [-0.3, -0.25) is 4.79 Å². The highest BCUT2D eigenvalue weighted by Crippen LogP contribution is 2.30. The highest BCUT2D eigenvalue weighted by molar-refractivity contribution is 9.10. The van der Waals surface area contributed by atoms with Crippen LogP contribution in [0.1, 0.15) is 12.8 Å². The molecule has 1 aromatic carbocycles. The summed E-state index contributed by atoms with van der Waals surface area (Å²) in [7, 11) is 0. The van der Waals surface area contributed by atoms with Crippen LogP contribution in [0.3, 0.4) is 0 Å². The maximum absolute atomic E-state index is 11.7. The molecule has 2 rings (SSSR count). The number of carbonyl (C=O) groups excluding carboxylic acids is 1. The van der Waals surface area contributed by atoms with E-state index in [4.69, 9.17) is 16.7 Å². The van der Waals surface area contributed by atoms with E-state index in [0.717, 1.165) is 0 Å². The molecule has 1 aromatic rings. The lowest BCUT2D eigenvalue weighted by atomic mass is 9.80. The van der Waals surface area contributed by atoms with E-state index in [1.54, 1.807) is 18.2 Å². The Morgan fingerprint density at radius 1 is 1.37 bits per heavy atom. The average Bonchev–Trinajstić information content (AvgIpc) is 2.28. The first kappa shape index (κ1) is 14.1. The van der Waals surface area contributed by atoms with Crippen LogP contribution < -0.4 is 10.6 Å². The van der Waals surface area contributed by atoms with E-state index in [1.807, 2.05) is 0 Å². The highest BCUT2D eigenvalue weighted by Gasteiger charge is 2.35. The molecule has 1 saturated carbocycles. The summed E-state index contributed by atoms with van der Waals surface area (Å²) in [6.45, 7) is 0. The van der Waals surface area contributed by atoms with E-state index in [9.17, 15) is 9.59 Å². The molecule has 2 amide bonds. The minimum absolute atomic E-state index is 0.0842. The van der Waals surface area contributed by atoms with Crippen LogP contribution in [0.15, 0.2) is 22.7 Å². The number of nitrogens with one attached hydrogen (secondary N) is 2. The Hall–Kier alpha value is -1.27. The standard InChI is InChI=1S/C12H12BrClN2O3/c13-10-8(14)2-1-3-9(10)16-12(19)15-7-4-6(5-7)11(17)18/h1-3,6-7H,4-5H2,(H,17,18)(H2,15,16,19). The summed E-state index contributed by atoms with van der Waals surface area (Å²) in [5.74, 6) is -1.15. The van der Waals surface area contributed by atoms with Crippen LogP contribution in [-0.2, 0) is 4.79 Å². The zero-order valence-corrected chi connectivity index (χ0v) is 12.2. The second kappa shape index (κ2) is 5.79. The van der Waals surface area contributed by atoms with Gasteiger partial charge in [0.15, 0.2) is 0 Å². The van der Waals surface area contributed by atoms with Crippen molar-refractivity contribution in [2.75, 3.05) is 5.32 Å². The summed E-state index contributed by atoms with van der Waals surface area (Å²) in [6, 6.07) is 4.71. The van der Waals surface area contributed by atoms with Crippen LogP contribution in [0.5, 0.6) is 0 Å². The van der Waals surface area contributed by atoms with Gasteiger partial charge in [0.25, 0.3) is 0 Å². The van der Waals surface area contributed by atoms with Crippen molar-refractivity contribution in [3.05, 3.63) is 27.7 Å². The Kier molecular flexibility index (Phi) is 4.31. The number of rotatable bonds is 3. The molecule has 0 aromatic heterocycles. The van der Waals surface area contributed by atoms with Gasteiger partial charge in [-0.2, -0.15) is 0 Å². The average molecular weight is 348 g/mol. The molecule has 19 heavy (non-hydrogen) atoms. The Morgan fingerprint density at radius 3 is 2.68 bits per heavy atom. The van der Waals surface area contributed by atoms with Crippen LogP contribution in [0.4, 0.5) is 10.5 Å². The molecule has 0 unspecified atom stereocenters. The van der Waals surface area contributed by atoms with Gasteiger partial charge in [0, 0.05) is 6.04 Å². The van der Waals surface area contributed by atoms with Gasteiger partial charge in [-0.05, 0) is 40.9 Å². The number of carbonyl (C=O) groups is 2. The lowest BCUT2D eigenvalue weighted by molar-refractivity contribution is -0.145. The van der Waals surface area contributed by atoms with Crippen LogP contribution in [0.2, 0.25) is 5.02 Å². The first-order chi connectivity index (χ1) is 8.97. The van der Waals surface area contributed by atoms with E-state index in [1.165, 1.54) is 0 Å². The van der Waals surface area contributed by atoms with Crippen molar-refractivity contribution in [1.82, 2.24) is 5.32 Å². The number of anilines is 1. The molecule has 0 spiro atoms. The fourth-order valence-corrected chi connectivity index (χ4v) is 2.42. The smallest absolute Gasteiger partial charge is 0.319 e. The molecule has 0 radical (unpaired) electrons. The third-order valence-electron chi connectivity index (χ3n) is 3.02. The largest absolute Gasteiger partial charge is 0.481 e. The lowest BCUT2D eigenvalue weighted by Crippen LogP contribution is -2.48. The van der Waals surface area contributed by atoms with Gasteiger partial charge in [-0.1, -0.05) is 17.7 Å². The molecule has 7 heteroatoms. The highest BCUT2D eigenvalue weighted by atomic mass is 79.9. The van der Waals surface area contributed by atoms with Crippen molar-refractivity contribution < 1.29 is 14.7 Å². The molecule has 0 saturated heterocycles.